The Balaban J connectivity index is 2.38. The molecule has 1 amide bonds. The summed E-state index contributed by atoms with van der Waals surface area (Å²) in [5, 5.41) is 0. The molecule has 0 spiro atoms. The molecule has 0 atom stereocenters. The molecule has 0 aliphatic carbocycles. The molecule has 0 saturated carbocycles. The van der Waals surface area contributed by atoms with Gasteiger partial charge in [-0.25, -0.2) is 0 Å². The minimum Gasteiger partial charge on any atom is -0.497 e. The molecule has 0 fully saturated rings. The Labute approximate surface area is 117 Å². The van der Waals surface area contributed by atoms with E-state index in [1.54, 1.807) is 0 Å². The van der Waals surface area contributed by atoms with Gasteiger partial charge in [0.1, 0.15) is 5.75 Å². The number of hydrogen-bond acceptors (Lipinski definition) is 2. The van der Waals surface area contributed by atoms with E-state index in [9.17, 15) is 26.7 Å². The molecular formula is C13H12F5NO2. The van der Waals surface area contributed by atoms with Crippen LogP contribution in [0.5, 0.6) is 5.75 Å². The minimum atomic E-state index is -5.91. The van der Waals surface area contributed by atoms with Gasteiger partial charge in [-0.1, -0.05) is 0 Å². The Morgan fingerprint density at radius 2 is 1.90 bits per heavy atom. The normalized spacial score (nSPS) is 15.6. The van der Waals surface area contributed by atoms with Crippen molar-refractivity contribution in [2.75, 3.05) is 18.6 Å². The third-order valence-electron chi connectivity index (χ3n) is 3.28. The van der Waals surface area contributed by atoms with Crippen LogP contribution in [0.25, 0.3) is 0 Å². The zero-order valence-electron chi connectivity index (χ0n) is 11.0. The van der Waals surface area contributed by atoms with Crippen LogP contribution in [0.1, 0.15) is 12.0 Å². The Morgan fingerprint density at radius 3 is 2.48 bits per heavy atom. The fourth-order valence-electron chi connectivity index (χ4n) is 2.20. The van der Waals surface area contributed by atoms with Crippen LogP contribution in [0.4, 0.5) is 27.6 Å². The number of carbonyl (C=O) groups excluding carboxylic acids is 1. The molecule has 3 nitrogen and oxygen atoms in total. The van der Waals surface area contributed by atoms with Gasteiger partial charge in [0.25, 0.3) is 0 Å². The Kier molecular flexibility index (Phi) is 3.81. The Hall–Kier alpha value is -1.86. The molecule has 1 heterocycles. The topological polar surface area (TPSA) is 29.5 Å². The van der Waals surface area contributed by atoms with Crippen LogP contribution in [-0.4, -0.2) is 31.7 Å². The lowest BCUT2D eigenvalue weighted by atomic mass is 10.0. The monoisotopic (exact) mass is 309 g/mol. The van der Waals surface area contributed by atoms with E-state index in [2.05, 4.69) is 0 Å². The Morgan fingerprint density at radius 1 is 1.24 bits per heavy atom. The maximum atomic E-state index is 13.2. The lowest BCUT2D eigenvalue weighted by Crippen LogP contribution is -2.53. The van der Waals surface area contributed by atoms with Gasteiger partial charge in [-0.05, 0) is 36.6 Å². The first-order chi connectivity index (χ1) is 9.68. The zero-order valence-corrected chi connectivity index (χ0v) is 11.0. The number of benzene rings is 1. The van der Waals surface area contributed by atoms with Gasteiger partial charge in [0.15, 0.2) is 0 Å². The Bertz CT molecular complexity index is 556. The predicted molar refractivity (Wildman–Crippen MR) is 64.7 cm³/mol. The summed E-state index contributed by atoms with van der Waals surface area (Å²) in [6.45, 7) is -0.177. The van der Waals surface area contributed by atoms with Crippen LogP contribution in [0.2, 0.25) is 0 Å². The third-order valence-corrected chi connectivity index (χ3v) is 3.28. The van der Waals surface area contributed by atoms with E-state index in [-0.39, 0.29) is 12.2 Å². The summed E-state index contributed by atoms with van der Waals surface area (Å²) in [5.74, 6) is -7.20. The van der Waals surface area contributed by atoms with Gasteiger partial charge in [-0.3, -0.25) is 4.79 Å². The second-order valence-electron chi connectivity index (χ2n) is 4.63. The van der Waals surface area contributed by atoms with Gasteiger partial charge in [0, 0.05) is 12.2 Å². The summed E-state index contributed by atoms with van der Waals surface area (Å²) in [5.41, 5.74) is 0.572. The van der Waals surface area contributed by atoms with E-state index in [1.165, 1.54) is 25.3 Å². The lowest BCUT2D eigenvalue weighted by molar-refractivity contribution is -0.268. The predicted octanol–water partition coefficient (Wildman–Crippen LogP) is 3.17. The number of methoxy groups -OCH3 is 1. The quantitative estimate of drug-likeness (QED) is 0.785. The molecule has 21 heavy (non-hydrogen) atoms. The number of nitrogens with zero attached hydrogens (tertiary/aromatic N) is 1. The standard InChI is InChI=1S/C13H12F5NO2/c1-21-9-4-5-10-8(7-9)3-2-6-19(10)11(20)12(14,15)13(16,17)18/h4-5,7H,2-3,6H2,1H3. The molecule has 1 aliphatic rings. The van der Waals surface area contributed by atoms with Crippen molar-refractivity contribution in [3.8, 4) is 5.75 Å². The van der Waals surface area contributed by atoms with Crippen LogP contribution in [-0.2, 0) is 11.2 Å². The van der Waals surface area contributed by atoms with E-state index in [0.29, 0.717) is 29.1 Å². The summed E-state index contributed by atoms with van der Waals surface area (Å²) < 4.78 is 68.3. The maximum absolute atomic E-state index is 13.2. The van der Waals surface area contributed by atoms with Crippen LogP contribution < -0.4 is 9.64 Å². The molecule has 2 rings (SSSR count). The van der Waals surface area contributed by atoms with E-state index < -0.39 is 18.0 Å². The average Bonchev–Trinajstić information content (AvgIpc) is 2.43. The van der Waals surface area contributed by atoms with Crippen molar-refractivity contribution in [2.24, 2.45) is 0 Å². The fraction of sp³-hybridized carbons (Fsp3) is 0.462. The molecule has 0 aromatic heterocycles. The average molecular weight is 309 g/mol. The number of aryl methyl sites for hydroxylation is 1. The SMILES string of the molecule is COc1ccc2c(c1)CCCN2C(=O)C(F)(F)C(F)(F)F. The first-order valence-electron chi connectivity index (χ1n) is 6.12. The van der Waals surface area contributed by atoms with Crippen molar-refractivity contribution in [1.82, 2.24) is 0 Å². The number of fused-ring (bicyclic) bond motifs is 1. The highest BCUT2D eigenvalue weighted by Gasteiger charge is 2.65. The van der Waals surface area contributed by atoms with Crippen molar-refractivity contribution in [1.29, 1.82) is 0 Å². The number of ether oxygens (including phenoxy) is 1. The van der Waals surface area contributed by atoms with E-state index in [4.69, 9.17) is 4.74 Å². The second kappa shape index (κ2) is 5.16. The molecule has 0 N–H and O–H groups in total. The molecule has 0 radical (unpaired) electrons. The van der Waals surface area contributed by atoms with Gasteiger partial charge in [0.2, 0.25) is 0 Å². The highest BCUT2D eigenvalue weighted by molar-refractivity contribution is 6.00. The molecule has 1 aliphatic heterocycles. The third kappa shape index (κ3) is 2.66. The largest absolute Gasteiger partial charge is 0.497 e. The van der Waals surface area contributed by atoms with Crippen LogP contribution in [0.15, 0.2) is 18.2 Å². The minimum absolute atomic E-state index is 0.0657. The second-order valence-corrected chi connectivity index (χ2v) is 4.63. The van der Waals surface area contributed by atoms with Crippen LogP contribution in [0, 0.1) is 0 Å². The van der Waals surface area contributed by atoms with Crippen molar-refractivity contribution in [3.63, 3.8) is 0 Å². The smallest absolute Gasteiger partial charge is 0.463 e. The molecule has 116 valence electrons. The number of carbonyl (C=O) groups is 1. The molecule has 0 saturated heterocycles. The first-order valence-corrected chi connectivity index (χ1v) is 6.12. The molecular weight excluding hydrogens is 297 g/mol. The number of hydrogen-bond donors (Lipinski definition) is 0. The van der Waals surface area contributed by atoms with Gasteiger partial charge in [-0.2, -0.15) is 22.0 Å². The number of halogens is 5. The lowest BCUT2D eigenvalue weighted by Gasteiger charge is -2.32. The van der Waals surface area contributed by atoms with E-state index >= 15 is 0 Å². The van der Waals surface area contributed by atoms with Crippen molar-refractivity contribution in [2.45, 2.75) is 24.9 Å². The van der Waals surface area contributed by atoms with Crippen molar-refractivity contribution < 1.29 is 31.5 Å². The molecule has 1 aromatic carbocycles. The number of amides is 1. The molecule has 0 bridgehead atoms. The summed E-state index contributed by atoms with van der Waals surface area (Å²) >= 11 is 0. The number of rotatable bonds is 2. The number of anilines is 1. The summed E-state index contributed by atoms with van der Waals surface area (Å²) in [6, 6.07) is 4.26. The molecule has 0 unspecified atom stereocenters. The molecule has 1 aromatic rings. The number of alkyl halides is 5. The summed E-state index contributed by atoms with van der Waals surface area (Å²) in [7, 11) is 1.41. The molecule has 8 heteroatoms. The highest BCUT2D eigenvalue weighted by atomic mass is 19.4. The zero-order chi connectivity index (χ0) is 15.8. The van der Waals surface area contributed by atoms with Crippen LogP contribution in [0.3, 0.4) is 0 Å². The first kappa shape index (κ1) is 15.5. The van der Waals surface area contributed by atoms with Gasteiger partial charge >= 0.3 is 18.0 Å². The fourth-order valence-corrected chi connectivity index (χ4v) is 2.20. The van der Waals surface area contributed by atoms with Gasteiger partial charge in [0.05, 0.1) is 7.11 Å². The van der Waals surface area contributed by atoms with E-state index in [0.717, 1.165) is 0 Å². The van der Waals surface area contributed by atoms with Gasteiger partial charge < -0.3 is 9.64 Å². The van der Waals surface area contributed by atoms with Crippen LogP contribution >= 0.6 is 0 Å². The maximum Gasteiger partial charge on any atom is 0.463 e. The van der Waals surface area contributed by atoms with E-state index in [1.807, 2.05) is 0 Å². The summed E-state index contributed by atoms with van der Waals surface area (Å²) in [4.78, 5) is 12.1. The highest BCUT2D eigenvalue weighted by Crippen LogP contribution is 2.40. The van der Waals surface area contributed by atoms with Crippen molar-refractivity contribution in [3.05, 3.63) is 23.8 Å². The summed E-state index contributed by atoms with van der Waals surface area (Å²) in [6.07, 6.45) is -5.12. The van der Waals surface area contributed by atoms with Crippen molar-refractivity contribution >= 4 is 11.6 Å². The van der Waals surface area contributed by atoms with Gasteiger partial charge in [-0.15, -0.1) is 0 Å².